The Morgan fingerprint density at radius 1 is 1.18 bits per heavy atom. The van der Waals surface area contributed by atoms with Crippen molar-refractivity contribution in [3.05, 3.63) is 93.0 Å². The van der Waals surface area contributed by atoms with E-state index in [-0.39, 0.29) is 32.4 Å². The van der Waals surface area contributed by atoms with E-state index < -0.39 is 23.5 Å². The Hall–Kier alpha value is -3.61. The van der Waals surface area contributed by atoms with Crippen LogP contribution in [0.1, 0.15) is 33.5 Å². The first-order chi connectivity index (χ1) is 18.3. The van der Waals surface area contributed by atoms with Crippen LogP contribution >= 0.6 is 39.0 Å². The summed E-state index contributed by atoms with van der Waals surface area (Å²) in [5, 5.41) is 29.9. The third kappa shape index (κ3) is 4.82. The summed E-state index contributed by atoms with van der Waals surface area (Å²) < 4.78 is 11.7. The first-order valence-electron chi connectivity index (χ1n) is 11.2. The predicted octanol–water partition coefficient (Wildman–Crippen LogP) is 5.99. The van der Waals surface area contributed by atoms with Crippen LogP contribution in [0.2, 0.25) is 0 Å². The summed E-state index contributed by atoms with van der Waals surface area (Å²) in [6.07, 6.45) is 0. The highest BCUT2D eigenvalue weighted by molar-refractivity contribution is 9.10. The number of aliphatic hydroxyl groups excluding tert-OH is 1. The molecule has 12 heteroatoms. The zero-order chi connectivity index (χ0) is 27.0. The quantitative estimate of drug-likeness (QED) is 0.140. The number of phenolic OH excluding ortho intramolecular Hbond substituents is 1. The molecule has 1 atom stereocenters. The summed E-state index contributed by atoms with van der Waals surface area (Å²) >= 11 is 5.92. The molecule has 0 radical (unpaired) electrons. The number of furan rings is 1. The van der Waals surface area contributed by atoms with E-state index in [0.717, 1.165) is 5.56 Å². The molecular weight excluding hydrogens is 594 g/mol. The fourth-order valence-electron chi connectivity index (χ4n) is 4.02. The number of aromatic nitrogens is 2. The van der Waals surface area contributed by atoms with Crippen LogP contribution in [0.3, 0.4) is 0 Å². The number of anilines is 1. The number of hydrogen-bond donors (Lipinski definition) is 2. The molecule has 38 heavy (non-hydrogen) atoms. The molecule has 2 aromatic carbocycles. The molecule has 0 saturated carbocycles. The summed E-state index contributed by atoms with van der Waals surface area (Å²) in [5.41, 5.74) is 1.31. The number of nitrogens with zero attached hydrogens (tertiary/aromatic N) is 3. The molecule has 0 saturated heterocycles. The minimum Gasteiger partial charge on any atom is -0.503 e. The van der Waals surface area contributed by atoms with Gasteiger partial charge in [-0.1, -0.05) is 53.4 Å². The van der Waals surface area contributed by atoms with Crippen LogP contribution in [0, 0.1) is 6.92 Å². The van der Waals surface area contributed by atoms with Crippen LogP contribution in [0.5, 0.6) is 11.5 Å². The lowest BCUT2D eigenvalue weighted by molar-refractivity contribution is -0.117. The summed E-state index contributed by atoms with van der Waals surface area (Å²) in [6, 6.07) is 14.9. The number of Topliss-reactive ketones (excluding diaryl/α,β-unsaturated/α-hetero) is 1. The number of ether oxygens (including phenoxy) is 1. The Morgan fingerprint density at radius 3 is 2.63 bits per heavy atom. The van der Waals surface area contributed by atoms with Gasteiger partial charge in [-0.2, -0.15) is 0 Å². The van der Waals surface area contributed by atoms with Gasteiger partial charge in [-0.25, -0.2) is 0 Å². The number of aromatic hydroxyl groups is 1. The number of ketones is 1. The lowest BCUT2D eigenvalue weighted by Crippen LogP contribution is -2.31. The SMILES string of the molecule is COc1cc(C2C(C(=O)c3ccc(C)o3)=C(O)C(=O)N2c2nnc(SCc3ccccc3)s2)cc(Br)c1O. The van der Waals surface area contributed by atoms with Crippen molar-refractivity contribution in [3.8, 4) is 11.5 Å². The number of aryl methyl sites for hydroxylation is 1. The van der Waals surface area contributed by atoms with Crippen molar-refractivity contribution in [3.63, 3.8) is 0 Å². The Balaban J connectivity index is 1.56. The van der Waals surface area contributed by atoms with Crippen molar-refractivity contribution in [1.29, 1.82) is 0 Å². The maximum Gasteiger partial charge on any atom is 0.296 e. The van der Waals surface area contributed by atoms with E-state index in [9.17, 15) is 19.8 Å². The molecule has 0 aliphatic carbocycles. The molecule has 4 aromatic rings. The molecule has 1 aliphatic heterocycles. The number of carbonyl (C=O) groups excluding carboxylic acids is 2. The molecule has 1 amide bonds. The number of phenols is 1. The van der Waals surface area contributed by atoms with E-state index in [1.54, 1.807) is 19.1 Å². The lowest BCUT2D eigenvalue weighted by atomic mass is 9.95. The topological polar surface area (TPSA) is 126 Å². The maximum absolute atomic E-state index is 13.5. The number of hydrogen-bond acceptors (Lipinski definition) is 10. The highest BCUT2D eigenvalue weighted by Gasteiger charge is 2.47. The van der Waals surface area contributed by atoms with Crippen LogP contribution < -0.4 is 9.64 Å². The number of carbonyl (C=O) groups is 2. The van der Waals surface area contributed by atoms with Crippen LogP contribution in [-0.2, 0) is 10.5 Å². The number of benzene rings is 2. The van der Waals surface area contributed by atoms with Crippen LogP contribution in [0.25, 0.3) is 0 Å². The minimum atomic E-state index is -1.09. The van der Waals surface area contributed by atoms with Gasteiger partial charge >= 0.3 is 0 Å². The fourth-order valence-corrected chi connectivity index (χ4v) is 6.31. The normalized spacial score (nSPS) is 15.4. The number of amides is 1. The van der Waals surface area contributed by atoms with E-state index in [2.05, 4.69) is 26.1 Å². The molecule has 0 fully saturated rings. The summed E-state index contributed by atoms with van der Waals surface area (Å²) in [6.45, 7) is 1.69. The highest BCUT2D eigenvalue weighted by atomic mass is 79.9. The monoisotopic (exact) mass is 613 g/mol. The molecule has 0 bridgehead atoms. The zero-order valence-electron chi connectivity index (χ0n) is 20.0. The molecular formula is C26H20BrN3O6S2. The average Bonchev–Trinajstić information content (AvgIpc) is 3.63. The maximum atomic E-state index is 13.5. The molecule has 2 aromatic heterocycles. The van der Waals surface area contributed by atoms with Crippen molar-refractivity contribution >= 4 is 55.9 Å². The van der Waals surface area contributed by atoms with Gasteiger partial charge in [-0.3, -0.25) is 14.5 Å². The Labute approximate surface area is 233 Å². The molecule has 1 unspecified atom stereocenters. The highest BCUT2D eigenvalue weighted by Crippen LogP contribution is 2.47. The average molecular weight is 614 g/mol. The van der Waals surface area contributed by atoms with Gasteiger partial charge in [-0.05, 0) is 58.2 Å². The second-order valence-electron chi connectivity index (χ2n) is 8.26. The molecule has 5 rings (SSSR count). The molecule has 3 heterocycles. The van der Waals surface area contributed by atoms with Crippen molar-refractivity contribution in [2.24, 2.45) is 0 Å². The van der Waals surface area contributed by atoms with E-state index in [1.165, 1.54) is 47.2 Å². The Morgan fingerprint density at radius 2 is 1.95 bits per heavy atom. The van der Waals surface area contributed by atoms with E-state index >= 15 is 0 Å². The minimum absolute atomic E-state index is 0.0233. The summed E-state index contributed by atoms with van der Waals surface area (Å²) in [4.78, 5) is 28.2. The van der Waals surface area contributed by atoms with Gasteiger partial charge < -0.3 is 19.4 Å². The number of rotatable bonds is 8. The lowest BCUT2D eigenvalue weighted by Gasteiger charge is -2.24. The molecule has 9 nitrogen and oxygen atoms in total. The van der Waals surface area contributed by atoms with Crippen molar-refractivity contribution in [2.75, 3.05) is 12.0 Å². The first-order valence-corrected chi connectivity index (χ1v) is 13.8. The smallest absolute Gasteiger partial charge is 0.296 e. The Kier molecular flexibility index (Phi) is 7.28. The van der Waals surface area contributed by atoms with Gasteiger partial charge in [0.05, 0.1) is 23.2 Å². The van der Waals surface area contributed by atoms with Gasteiger partial charge in [0.2, 0.25) is 10.9 Å². The van der Waals surface area contributed by atoms with Crippen LogP contribution in [-0.4, -0.2) is 39.2 Å². The molecule has 194 valence electrons. The van der Waals surface area contributed by atoms with Crippen LogP contribution in [0.4, 0.5) is 5.13 Å². The van der Waals surface area contributed by atoms with E-state index in [1.807, 2.05) is 30.3 Å². The molecule has 1 aliphatic rings. The van der Waals surface area contributed by atoms with Gasteiger partial charge in [0.25, 0.3) is 5.91 Å². The zero-order valence-corrected chi connectivity index (χ0v) is 23.3. The second kappa shape index (κ2) is 10.6. The van der Waals surface area contributed by atoms with Crippen molar-refractivity contribution < 1.29 is 29.0 Å². The third-order valence-corrected chi connectivity index (χ3v) is 8.54. The van der Waals surface area contributed by atoms with Gasteiger partial charge in [0, 0.05) is 5.75 Å². The number of methoxy groups -OCH3 is 1. The molecule has 2 N–H and O–H groups in total. The van der Waals surface area contributed by atoms with Gasteiger partial charge in [-0.15, -0.1) is 10.2 Å². The first kappa shape index (κ1) is 26.0. The van der Waals surface area contributed by atoms with Crippen molar-refractivity contribution in [2.45, 2.75) is 23.1 Å². The van der Waals surface area contributed by atoms with E-state index in [0.29, 0.717) is 21.4 Å². The standard InChI is InChI=1S/C26H20BrN3O6S2/c1-13-8-9-17(36-13)22(32)19-20(15-10-16(27)21(31)18(11-15)35-2)30(24(34)23(19)33)25-28-29-26(38-25)37-12-14-6-4-3-5-7-14/h3-11,20,31,33H,12H2,1-2H3. The third-order valence-electron chi connectivity index (χ3n) is 5.81. The second-order valence-corrected chi connectivity index (χ2v) is 11.3. The Bertz CT molecular complexity index is 1570. The summed E-state index contributed by atoms with van der Waals surface area (Å²) in [5.74, 6) is -1.07. The van der Waals surface area contributed by atoms with Gasteiger partial charge in [0.15, 0.2) is 27.4 Å². The molecule has 0 spiro atoms. The van der Waals surface area contributed by atoms with E-state index in [4.69, 9.17) is 9.15 Å². The summed E-state index contributed by atoms with van der Waals surface area (Å²) in [7, 11) is 1.38. The largest absolute Gasteiger partial charge is 0.503 e. The number of halogens is 1. The predicted molar refractivity (Wildman–Crippen MR) is 146 cm³/mol. The fraction of sp³-hybridized carbons (Fsp3) is 0.154. The number of thioether (sulfide) groups is 1. The van der Waals surface area contributed by atoms with Crippen molar-refractivity contribution in [1.82, 2.24) is 10.2 Å². The van der Waals surface area contributed by atoms with Crippen LogP contribution in [0.15, 0.2) is 79.2 Å². The van der Waals surface area contributed by atoms with Gasteiger partial charge in [0.1, 0.15) is 5.76 Å². The number of aliphatic hydroxyl groups is 1.